The van der Waals surface area contributed by atoms with Gasteiger partial charge in [0.1, 0.15) is 23.6 Å². The molecule has 2 aliphatic rings. The molecule has 1 aromatic carbocycles. The number of aromatic nitrogens is 2. The van der Waals surface area contributed by atoms with Gasteiger partial charge in [0.2, 0.25) is 11.9 Å². The van der Waals surface area contributed by atoms with Crippen LogP contribution in [-0.4, -0.2) is 41.1 Å². The fourth-order valence-corrected chi connectivity index (χ4v) is 3.38. The van der Waals surface area contributed by atoms with E-state index in [-0.39, 0.29) is 18.1 Å². The van der Waals surface area contributed by atoms with Crippen molar-refractivity contribution in [1.29, 1.82) is 0 Å². The van der Waals surface area contributed by atoms with Crippen molar-refractivity contribution in [2.75, 3.05) is 22.6 Å². The molecule has 1 aromatic heterocycles. The monoisotopic (exact) mass is 367 g/mol. The third kappa shape index (κ3) is 3.41. The molecule has 7 nitrogen and oxygen atoms in total. The predicted octanol–water partition coefficient (Wildman–Crippen LogP) is 2.89. The second kappa shape index (κ2) is 6.72. The van der Waals surface area contributed by atoms with Crippen LogP contribution < -0.4 is 20.3 Å². The number of carbonyl (C=O) groups excluding carboxylic acids is 1. The van der Waals surface area contributed by atoms with E-state index in [0.717, 1.165) is 30.1 Å². The average molecular weight is 367 g/mol. The van der Waals surface area contributed by atoms with Crippen LogP contribution in [0.4, 0.5) is 17.5 Å². The highest BCUT2D eigenvalue weighted by atomic mass is 16.5. The summed E-state index contributed by atoms with van der Waals surface area (Å²) >= 11 is 0. The van der Waals surface area contributed by atoms with Gasteiger partial charge >= 0.3 is 0 Å². The van der Waals surface area contributed by atoms with E-state index in [1.165, 1.54) is 5.56 Å². The van der Waals surface area contributed by atoms with E-state index in [4.69, 9.17) is 4.74 Å². The predicted molar refractivity (Wildman–Crippen MR) is 106 cm³/mol. The molecular weight excluding hydrogens is 342 g/mol. The quantitative estimate of drug-likeness (QED) is 0.865. The number of nitrogens with zero attached hydrogens (tertiary/aromatic N) is 3. The van der Waals surface area contributed by atoms with Gasteiger partial charge in [-0.1, -0.05) is 17.7 Å². The van der Waals surface area contributed by atoms with Crippen molar-refractivity contribution < 1.29 is 9.53 Å². The molecule has 0 unspecified atom stereocenters. The van der Waals surface area contributed by atoms with Gasteiger partial charge in [0.15, 0.2) is 5.82 Å². The zero-order chi connectivity index (χ0) is 19.1. The first-order valence-electron chi connectivity index (χ1n) is 9.33. The van der Waals surface area contributed by atoms with Crippen LogP contribution in [-0.2, 0) is 4.79 Å². The maximum atomic E-state index is 12.0. The zero-order valence-electron chi connectivity index (χ0n) is 16.1. The molecule has 7 heteroatoms. The smallest absolute Gasteiger partial charge is 0.246 e. The molecule has 1 amide bonds. The first-order chi connectivity index (χ1) is 12.9. The lowest BCUT2D eigenvalue weighted by atomic mass is 9.89. The molecular formula is C20H25N5O2. The minimum Gasteiger partial charge on any atom is -0.490 e. The minimum absolute atomic E-state index is 0.0347. The topological polar surface area (TPSA) is 79.4 Å². The Kier molecular flexibility index (Phi) is 4.37. The minimum atomic E-state index is -0.254. The van der Waals surface area contributed by atoms with Crippen molar-refractivity contribution in [3.8, 4) is 5.75 Å². The zero-order valence-corrected chi connectivity index (χ0v) is 16.1. The molecule has 0 bridgehead atoms. The van der Waals surface area contributed by atoms with Crippen molar-refractivity contribution in [3.63, 3.8) is 0 Å². The second-order valence-corrected chi connectivity index (χ2v) is 7.47. The van der Waals surface area contributed by atoms with Crippen LogP contribution in [0.25, 0.3) is 0 Å². The molecule has 1 aliphatic heterocycles. The Morgan fingerprint density at radius 3 is 2.59 bits per heavy atom. The summed E-state index contributed by atoms with van der Waals surface area (Å²) in [7, 11) is 1.88. The number of rotatable bonds is 4. The summed E-state index contributed by atoms with van der Waals surface area (Å²) in [4.78, 5) is 23.0. The van der Waals surface area contributed by atoms with Gasteiger partial charge in [-0.15, -0.1) is 0 Å². The SMILES string of the molecule is Cc1ccc(OC2CC(Nc3nc(C)c4c(n3)N(C)[C@@H](C)C(=O)N4)C2)cc1. The standard InChI is InChI=1S/C20H25N5O2/c1-11-5-7-15(8-6-11)27-16-9-14(10-16)22-20-21-12(2)17-18(24-20)25(4)13(3)19(26)23-17/h5-8,13-14,16H,9-10H2,1-4H3,(H,23,26)(H,21,22,24)/t13-,14?,16?/m0/s1. The molecule has 2 aromatic rings. The summed E-state index contributed by atoms with van der Waals surface area (Å²) in [5.41, 5.74) is 2.69. The molecule has 27 heavy (non-hydrogen) atoms. The number of nitrogens with one attached hydrogen (secondary N) is 2. The van der Waals surface area contributed by atoms with Crippen molar-refractivity contribution in [2.45, 2.75) is 51.8 Å². The van der Waals surface area contributed by atoms with Gasteiger partial charge in [0, 0.05) is 25.9 Å². The maximum Gasteiger partial charge on any atom is 0.246 e. The van der Waals surface area contributed by atoms with E-state index in [0.29, 0.717) is 17.7 Å². The molecule has 1 atom stereocenters. The van der Waals surface area contributed by atoms with Crippen molar-refractivity contribution >= 4 is 23.4 Å². The van der Waals surface area contributed by atoms with E-state index in [1.54, 1.807) is 0 Å². The lowest BCUT2D eigenvalue weighted by molar-refractivity contribution is -0.117. The fraction of sp³-hybridized carbons (Fsp3) is 0.450. The molecule has 1 saturated carbocycles. The first kappa shape index (κ1) is 17.6. The maximum absolute atomic E-state index is 12.0. The number of hydrogen-bond donors (Lipinski definition) is 2. The number of likely N-dealkylation sites (N-methyl/N-ethyl adjacent to an activating group) is 1. The van der Waals surface area contributed by atoms with Gasteiger partial charge in [-0.2, -0.15) is 4.98 Å². The summed E-state index contributed by atoms with van der Waals surface area (Å²) in [5, 5.41) is 6.30. The lowest BCUT2D eigenvalue weighted by Gasteiger charge is -2.37. The Balaban J connectivity index is 1.39. The average Bonchev–Trinajstić information content (AvgIpc) is 2.61. The fourth-order valence-electron chi connectivity index (χ4n) is 3.38. The third-order valence-electron chi connectivity index (χ3n) is 5.37. The highest BCUT2D eigenvalue weighted by molar-refractivity contribution is 6.03. The van der Waals surface area contributed by atoms with E-state index in [2.05, 4.69) is 39.7 Å². The summed E-state index contributed by atoms with van der Waals surface area (Å²) in [5.74, 6) is 2.23. The Hall–Kier alpha value is -2.83. The first-order valence-corrected chi connectivity index (χ1v) is 9.33. The number of anilines is 3. The molecule has 0 radical (unpaired) electrons. The number of hydrogen-bond acceptors (Lipinski definition) is 6. The number of aryl methyl sites for hydroxylation is 2. The highest BCUT2D eigenvalue weighted by Crippen LogP contribution is 2.33. The second-order valence-electron chi connectivity index (χ2n) is 7.47. The van der Waals surface area contributed by atoms with Gasteiger partial charge in [0.05, 0.1) is 5.69 Å². The summed E-state index contributed by atoms with van der Waals surface area (Å²) < 4.78 is 5.99. The molecule has 2 N–H and O–H groups in total. The summed E-state index contributed by atoms with van der Waals surface area (Å²) in [6.45, 7) is 5.82. The largest absolute Gasteiger partial charge is 0.490 e. The van der Waals surface area contributed by atoms with Crippen LogP contribution in [0.15, 0.2) is 24.3 Å². The van der Waals surface area contributed by atoms with Gasteiger partial charge in [-0.25, -0.2) is 4.98 Å². The summed E-state index contributed by atoms with van der Waals surface area (Å²) in [6.07, 6.45) is 2.04. The Morgan fingerprint density at radius 1 is 1.19 bits per heavy atom. The molecule has 2 heterocycles. The van der Waals surface area contributed by atoms with Crippen molar-refractivity contribution in [3.05, 3.63) is 35.5 Å². The van der Waals surface area contributed by atoms with Crippen LogP contribution in [0.1, 0.15) is 31.0 Å². The molecule has 1 aliphatic carbocycles. The van der Waals surface area contributed by atoms with Gasteiger partial charge in [0.25, 0.3) is 0 Å². The lowest BCUT2D eigenvalue weighted by Crippen LogP contribution is -2.45. The number of fused-ring (bicyclic) bond motifs is 1. The van der Waals surface area contributed by atoms with E-state index in [1.807, 2.05) is 37.9 Å². The van der Waals surface area contributed by atoms with Crippen LogP contribution in [0, 0.1) is 13.8 Å². The van der Waals surface area contributed by atoms with Crippen molar-refractivity contribution in [1.82, 2.24) is 9.97 Å². The highest BCUT2D eigenvalue weighted by Gasteiger charge is 2.33. The molecule has 0 saturated heterocycles. The van der Waals surface area contributed by atoms with Gasteiger partial charge in [-0.05, 0) is 32.9 Å². The molecule has 142 valence electrons. The summed E-state index contributed by atoms with van der Waals surface area (Å²) in [6, 6.07) is 8.18. The number of carbonyl (C=O) groups is 1. The van der Waals surface area contributed by atoms with E-state index in [9.17, 15) is 4.79 Å². The Labute approximate surface area is 159 Å². The third-order valence-corrected chi connectivity index (χ3v) is 5.37. The van der Waals surface area contributed by atoms with Crippen LogP contribution in [0.3, 0.4) is 0 Å². The van der Waals surface area contributed by atoms with Crippen LogP contribution >= 0.6 is 0 Å². The molecule has 4 rings (SSSR count). The molecule has 1 fully saturated rings. The van der Waals surface area contributed by atoms with Gasteiger partial charge in [-0.3, -0.25) is 4.79 Å². The van der Waals surface area contributed by atoms with E-state index >= 15 is 0 Å². The Bertz CT molecular complexity index is 861. The normalized spacial score (nSPS) is 23.9. The molecule has 0 spiro atoms. The van der Waals surface area contributed by atoms with Gasteiger partial charge < -0.3 is 20.3 Å². The van der Waals surface area contributed by atoms with Crippen molar-refractivity contribution in [2.24, 2.45) is 0 Å². The van der Waals surface area contributed by atoms with Crippen LogP contribution in [0.5, 0.6) is 5.75 Å². The van der Waals surface area contributed by atoms with Crippen LogP contribution in [0.2, 0.25) is 0 Å². The number of benzene rings is 1. The Morgan fingerprint density at radius 2 is 1.89 bits per heavy atom. The number of amides is 1. The van der Waals surface area contributed by atoms with E-state index < -0.39 is 0 Å². The number of ether oxygens (including phenoxy) is 1.